The van der Waals surface area contributed by atoms with Gasteiger partial charge < -0.3 is 9.72 Å². The molecular formula is C10H12N2O3. The average molecular weight is 208 g/mol. The first-order valence-corrected chi connectivity index (χ1v) is 5.01. The molecule has 0 saturated carbocycles. The SMILES string of the molecule is CCOC(=O)c1nc2c(c(=O)[nH]1)CCC2. The van der Waals surface area contributed by atoms with Crippen LogP contribution in [0.5, 0.6) is 0 Å². The normalized spacial score (nSPS) is 13.7. The summed E-state index contributed by atoms with van der Waals surface area (Å²) in [5.74, 6) is -0.549. The summed E-state index contributed by atoms with van der Waals surface area (Å²) in [5, 5.41) is 0. The Morgan fingerprint density at radius 2 is 2.33 bits per heavy atom. The first kappa shape index (κ1) is 9.89. The zero-order valence-electron chi connectivity index (χ0n) is 8.50. The molecule has 1 N–H and O–H groups in total. The summed E-state index contributed by atoms with van der Waals surface area (Å²) in [7, 11) is 0. The second-order valence-electron chi connectivity index (χ2n) is 3.41. The molecule has 2 rings (SSSR count). The molecule has 15 heavy (non-hydrogen) atoms. The number of fused-ring (bicyclic) bond motifs is 1. The average Bonchev–Trinajstić information content (AvgIpc) is 2.66. The Hall–Kier alpha value is -1.65. The second kappa shape index (κ2) is 3.84. The summed E-state index contributed by atoms with van der Waals surface area (Å²) in [6, 6.07) is 0. The third kappa shape index (κ3) is 1.77. The fourth-order valence-corrected chi connectivity index (χ4v) is 1.74. The van der Waals surface area contributed by atoms with E-state index in [0.29, 0.717) is 5.56 Å². The van der Waals surface area contributed by atoms with Gasteiger partial charge in [0.2, 0.25) is 5.82 Å². The number of rotatable bonds is 2. The van der Waals surface area contributed by atoms with Gasteiger partial charge in [-0.1, -0.05) is 0 Å². The van der Waals surface area contributed by atoms with Crippen molar-refractivity contribution in [1.29, 1.82) is 0 Å². The van der Waals surface area contributed by atoms with Crippen molar-refractivity contribution in [1.82, 2.24) is 9.97 Å². The van der Waals surface area contributed by atoms with E-state index in [1.54, 1.807) is 6.92 Å². The van der Waals surface area contributed by atoms with Crippen molar-refractivity contribution in [2.75, 3.05) is 6.61 Å². The van der Waals surface area contributed by atoms with Crippen molar-refractivity contribution in [3.8, 4) is 0 Å². The van der Waals surface area contributed by atoms with Gasteiger partial charge in [0.05, 0.1) is 12.3 Å². The minimum absolute atomic E-state index is 0.0162. The van der Waals surface area contributed by atoms with Gasteiger partial charge in [-0.25, -0.2) is 9.78 Å². The Morgan fingerprint density at radius 3 is 3.07 bits per heavy atom. The van der Waals surface area contributed by atoms with Crippen LogP contribution in [0.3, 0.4) is 0 Å². The molecule has 1 heterocycles. The van der Waals surface area contributed by atoms with Gasteiger partial charge in [0.25, 0.3) is 5.56 Å². The third-order valence-electron chi connectivity index (χ3n) is 2.41. The van der Waals surface area contributed by atoms with Gasteiger partial charge in [0.1, 0.15) is 0 Å². The molecule has 0 radical (unpaired) electrons. The summed E-state index contributed by atoms with van der Waals surface area (Å²) >= 11 is 0. The molecule has 1 aliphatic rings. The molecule has 1 aliphatic carbocycles. The maximum atomic E-state index is 11.5. The molecule has 0 amide bonds. The van der Waals surface area contributed by atoms with Gasteiger partial charge in [0.15, 0.2) is 0 Å². The van der Waals surface area contributed by atoms with Gasteiger partial charge in [0, 0.05) is 5.56 Å². The van der Waals surface area contributed by atoms with Gasteiger partial charge >= 0.3 is 5.97 Å². The minimum atomic E-state index is -0.565. The standard InChI is InChI=1S/C10H12N2O3/c1-2-15-10(14)8-11-7-5-3-4-6(7)9(13)12-8/h2-5H2,1H3,(H,11,12,13). The van der Waals surface area contributed by atoms with Crippen LogP contribution in [0, 0.1) is 0 Å². The number of hydrogen-bond acceptors (Lipinski definition) is 4. The first-order valence-electron chi connectivity index (χ1n) is 5.01. The number of carbonyl (C=O) groups excluding carboxylic acids is 1. The number of H-pyrrole nitrogens is 1. The van der Waals surface area contributed by atoms with Gasteiger partial charge in [-0.15, -0.1) is 0 Å². The lowest BCUT2D eigenvalue weighted by Gasteiger charge is -2.02. The van der Waals surface area contributed by atoms with Crippen LogP contribution in [0.25, 0.3) is 0 Å². The number of aromatic nitrogens is 2. The molecule has 0 unspecified atom stereocenters. The number of ether oxygens (including phenoxy) is 1. The highest BCUT2D eigenvalue weighted by atomic mass is 16.5. The molecule has 5 heteroatoms. The molecule has 1 aromatic rings. The van der Waals surface area contributed by atoms with Crippen molar-refractivity contribution in [3.05, 3.63) is 27.4 Å². The van der Waals surface area contributed by atoms with Crippen LogP contribution in [0.2, 0.25) is 0 Å². The van der Waals surface area contributed by atoms with E-state index < -0.39 is 5.97 Å². The van der Waals surface area contributed by atoms with E-state index in [9.17, 15) is 9.59 Å². The van der Waals surface area contributed by atoms with Gasteiger partial charge in [-0.05, 0) is 26.2 Å². The van der Waals surface area contributed by atoms with E-state index in [2.05, 4.69) is 9.97 Å². The molecule has 1 aromatic heterocycles. The lowest BCUT2D eigenvalue weighted by Crippen LogP contribution is -2.21. The highest BCUT2D eigenvalue weighted by molar-refractivity contribution is 5.85. The Morgan fingerprint density at radius 1 is 1.53 bits per heavy atom. The van der Waals surface area contributed by atoms with Crippen LogP contribution in [0.15, 0.2) is 4.79 Å². The summed E-state index contributed by atoms with van der Waals surface area (Å²) < 4.78 is 4.77. The molecule has 0 aliphatic heterocycles. The molecule has 0 spiro atoms. The van der Waals surface area contributed by atoms with E-state index in [0.717, 1.165) is 25.0 Å². The predicted octanol–water partition coefficient (Wildman–Crippen LogP) is 0.435. The van der Waals surface area contributed by atoms with Gasteiger partial charge in [-0.3, -0.25) is 4.79 Å². The van der Waals surface area contributed by atoms with Crippen LogP contribution < -0.4 is 5.56 Å². The fourth-order valence-electron chi connectivity index (χ4n) is 1.74. The summed E-state index contributed by atoms with van der Waals surface area (Å²) in [6.07, 6.45) is 2.45. The Balaban J connectivity index is 2.39. The molecule has 0 bridgehead atoms. The number of carbonyl (C=O) groups is 1. The molecule has 80 valence electrons. The maximum Gasteiger partial charge on any atom is 0.374 e. The Bertz CT molecular complexity index is 450. The van der Waals surface area contributed by atoms with E-state index in [1.807, 2.05) is 0 Å². The minimum Gasteiger partial charge on any atom is -0.460 e. The number of aromatic amines is 1. The first-order chi connectivity index (χ1) is 7.22. The van der Waals surface area contributed by atoms with Crippen molar-refractivity contribution >= 4 is 5.97 Å². The van der Waals surface area contributed by atoms with Crippen molar-refractivity contribution in [3.63, 3.8) is 0 Å². The molecule has 5 nitrogen and oxygen atoms in total. The summed E-state index contributed by atoms with van der Waals surface area (Å²) in [5.41, 5.74) is 1.24. The molecule has 0 fully saturated rings. The monoisotopic (exact) mass is 208 g/mol. The summed E-state index contributed by atoms with van der Waals surface area (Å²) in [6.45, 7) is 1.99. The molecule has 0 saturated heterocycles. The number of esters is 1. The number of hydrogen-bond donors (Lipinski definition) is 1. The van der Waals surface area contributed by atoms with E-state index in [-0.39, 0.29) is 18.0 Å². The largest absolute Gasteiger partial charge is 0.460 e. The lowest BCUT2D eigenvalue weighted by atomic mass is 10.2. The van der Waals surface area contributed by atoms with Crippen molar-refractivity contribution in [2.45, 2.75) is 26.2 Å². The Labute approximate surface area is 86.5 Å². The quantitative estimate of drug-likeness (QED) is 0.715. The smallest absolute Gasteiger partial charge is 0.374 e. The fraction of sp³-hybridized carbons (Fsp3) is 0.500. The second-order valence-corrected chi connectivity index (χ2v) is 3.41. The van der Waals surface area contributed by atoms with Crippen molar-refractivity contribution < 1.29 is 9.53 Å². The predicted molar refractivity (Wildman–Crippen MR) is 52.8 cm³/mol. The van der Waals surface area contributed by atoms with Crippen LogP contribution in [0.1, 0.15) is 35.2 Å². The number of aryl methyl sites for hydroxylation is 1. The number of nitrogens with zero attached hydrogens (tertiary/aromatic N) is 1. The van der Waals surface area contributed by atoms with Crippen LogP contribution >= 0.6 is 0 Å². The zero-order valence-corrected chi connectivity index (χ0v) is 8.50. The van der Waals surface area contributed by atoms with E-state index >= 15 is 0 Å². The van der Waals surface area contributed by atoms with E-state index in [1.165, 1.54) is 0 Å². The van der Waals surface area contributed by atoms with E-state index in [4.69, 9.17) is 4.74 Å². The Kier molecular flexibility index (Phi) is 2.53. The maximum absolute atomic E-state index is 11.5. The highest BCUT2D eigenvalue weighted by Gasteiger charge is 2.19. The van der Waals surface area contributed by atoms with Crippen LogP contribution in [0.4, 0.5) is 0 Å². The lowest BCUT2D eigenvalue weighted by molar-refractivity contribution is 0.0511. The zero-order chi connectivity index (χ0) is 10.8. The topological polar surface area (TPSA) is 72.0 Å². The third-order valence-corrected chi connectivity index (χ3v) is 2.41. The van der Waals surface area contributed by atoms with Crippen LogP contribution in [-0.4, -0.2) is 22.5 Å². The number of nitrogens with one attached hydrogen (secondary N) is 1. The highest BCUT2D eigenvalue weighted by Crippen LogP contribution is 2.15. The molecular weight excluding hydrogens is 196 g/mol. The van der Waals surface area contributed by atoms with Crippen LogP contribution in [-0.2, 0) is 17.6 Å². The molecule has 0 aromatic carbocycles. The van der Waals surface area contributed by atoms with Gasteiger partial charge in [-0.2, -0.15) is 0 Å². The summed E-state index contributed by atoms with van der Waals surface area (Å²) in [4.78, 5) is 29.4. The molecule has 0 atom stereocenters. The van der Waals surface area contributed by atoms with Crippen molar-refractivity contribution in [2.24, 2.45) is 0 Å².